The molecule has 0 N–H and O–H groups in total. The van der Waals surface area contributed by atoms with Crippen LogP contribution in [0.25, 0.3) is 0 Å². The van der Waals surface area contributed by atoms with Crippen molar-refractivity contribution in [3.63, 3.8) is 0 Å². The highest BCUT2D eigenvalue weighted by atomic mass is 79.9. The zero-order chi connectivity index (χ0) is 11.8. The fourth-order valence-corrected chi connectivity index (χ4v) is 1.73. The molecule has 4 heteroatoms. The van der Waals surface area contributed by atoms with Crippen molar-refractivity contribution in [2.45, 2.75) is 19.3 Å². The van der Waals surface area contributed by atoms with Gasteiger partial charge in [0.1, 0.15) is 0 Å². The Morgan fingerprint density at radius 3 is 2.50 bits per heavy atom. The van der Waals surface area contributed by atoms with Gasteiger partial charge in [0.2, 0.25) is 0 Å². The quantitative estimate of drug-likeness (QED) is 0.450. The normalized spacial score (nSPS) is 10.1. The van der Waals surface area contributed by atoms with Gasteiger partial charge in [0, 0.05) is 10.4 Å². The second-order valence-electron chi connectivity index (χ2n) is 3.39. The lowest BCUT2D eigenvalue weighted by molar-refractivity contribution is 0.0498. The lowest BCUT2D eigenvalue weighted by Crippen LogP contribution is -2.06. The van der Waals surface area contributed by atoms with Crippen LogP contribution in [-0.4, -0.2) is 17.9 Å². The summed E-state index contributed by atoms with van der Waals surface area (Å²) in [4.78, 5) is 11.5. The number of ether oxygens (including phenoxy) is 1. The highest BCUT2D eigenvalue weighted by molar-refractivity contribution is 9.09. The molecule has 0 amide bonds. The molecule has 88 valence electrons. The van der Waals surface area contributed by atoms with E-state index in [-0.39, 0.29) is 5.97 Å². The minimum Gasteiger partial charge on any atom is -0.462 e. The van der Waals surface area contributed by atoms with Crippen molar-refractivity contribution in [3.8, 4) is 0 Å². The molecule has 0 atom stereocenters. The number of hydrogen-bond donors (Lipinski definition) is 0. The van der Waals surface area contributed by atoms with E-state index in [0.717, 1.165) is 24.6 Å². The predicted octanol–water partition coefficient (Wildman–Crippen LogP) is 4.06. The first-order valence-electron chi connectivity index (χ1n) is 5.22. The molecule has 1 aromatic carbocycles. The van der Waals surface area contributed by atoms with Crippen molar-refractivity contribution < 1.29 is 9.53 Å². The molecule has 0 aliphatic rings. The molecule has 0 aliphatic carbocycles. The monoisotopic (exact) mass is 304 g/mol. The number of benzene rings is 1. The molecule has 0 aromatic heterocycles. The smallest absolute Gasteiger partial charge is 0.338 e. The Kier molecular flexibility index (Phi) is 6.50. The summed E-state index contributed by atoms with van der Waals surface area (Å²) in [7, 11) is 0. The molecule has 0 saturated heterocycles. The molecular formula is C12H14BrClO2. The molecule has 0 spiro atoms. The maximum absolute atomic E-state index is 11.5. The zero-order valence-electron chi connectivity index (χ0n) is 8.92. The Morgan fingerprint density at radius 1 is 1.19 bits per heavy atom. The van der Waals surface area contributed by atoms with Crippen LogP contribution in [0.15, 0.2) is 24.3 Å². The standard InChI is InChI=1S/C12H14BrClO2/c13-8-2-1-3-9-16-12(15)10-4-6-11(14)7-5-10/h4-7H,1-3,8-9H2. The van der Waals surface area contributed by atoms with Gasteiger partial charge in [-0.3, -0.25) is 0 Å². The van der Waals surface area contributed by atoms with E-state index in [0.29, 0.717) is 17.2 Å². The first-order chi connectivity index (χ1) is 7.74. The average molecular weight is 306 g/mol. The van der Waals surface area contributed by atoms with Crippen molar-refractivity contribution in [3.05, 3.63) is 34.9 Å². The molecule has 1 aromatic rings. The van der Waals surface area contributed by atoms with Gasteiger partial charge in [0.15, 0.2) is 0 Å². The average Bonchev–Trinajstić information content (AvgIpc) is 2.29. The third-order valence-electron chi connectivity index (χ3n) is 2.09. The van der Waals surface area contributed by atoms with Gasteiger partial charge >= 0.3 is 5.97 Å². The number of rotatable bonds is 6. The van der Waals surface area contributed by atoms with Crippen LogP contribution in [0.5, 0.6) is 0 Å². The Morgan fingerprint density at radius 2 is 1.88 bits per heavy atom. The van der Waals surface area contributed by atoms with Crippen LogP contribution in [-0.2, 0) is 4.74 Å². The van der Waals surface area contributed by atoms with Gasteiger partial charge < -0.3 is 4.74 Å². The second kappa shape index (κ2) is 7.69. The van der Waals surface area contributed by atoms with Crippen LogP contribution in [0.3, 0.4) is 0 Å². The third-order valence-corrected chi connectivity index (χ3v) is 2.90. The number of unbranched alkanes of at least 4 members (excludes halogenated alkanes) is 2. The lowest BCUT2D eigenvalue weighted by Gasteiger charge is -2.04. The Hall–Kier alpha value is -0.540. The van der Waals surface area contributed by atoms with Gasteiger partial charge in [-0.1, -0.05) is 27.5 Å². The zero-order valence-corrected chi connectivity index (χ0v) is 11.3. The minimum absolute atomic E-state index is 0.282. The molecule has 0 aliphatic heterocycles. The van der Waals surface area contributed by atoms with Gasteiger partial charge in [-0.25, -0.2) is 4.79 Å². The number of halogens is 2. The molecular weight excluding hydrogens is 291 g/mol. The summed E-state index contributed by atoms with van der Waals surface area (Å²) < 4.78 is 5.12. The largest absolute Gasteiger partial charge is 0.462 e. The van der Waals surface area contributed by atoms with Gasteiger partial charge in [0.25, 0.3) is 0 Å². The summed E-state index contributed by atoms with van der Waals surface area (Å²) >= 11 is 9.07. The molecule has 16 heavy (non-hydrogen) atoms. The van der Waals surface area contributed by atoms with E-state index in [1.54, 1.807) is 24.3 Å². The van der Waals surface area contributed by atoms with Crippen LogP contribution in [0.2, 0.25) is 5.02 Å². The first kappa shape index (κ1) is 13.5. The molecule has 0 saturated carbocycles. The van der Waals surface area contributed by atoms with Crippen molar-refractivity contribution in [2.75, 3.05) is 11.9 Å². The van der Waals surface area contributed by atoms with Gasteiger partial charge in [-0.2, -0.15) is 0 Å². The van der Waals surface area contributed by atoms with Crippen LogP contribution >= 0.6 is 27.5 Å². The SMILES string of the molecule is O=C(OCCCCCBr)c1ccc(Cl)cc1. The number of carbonyl (C=O) groups excluding carboxylic acids is 1. The van der Waals surface area contributed by atoms with Crippen LogP contribution in [0, 0.1) is 0 Å². The van der Waals surface area contributed by atoms with Crippen LogP contribution in [0.4, 0.5) is 0 Å². The maximum Gasteiger partial charge on any atom is 0.338 e. The van der Waals surface area contributed by atoms with E-state index in [4.69, 9.17) is 16.3 Å². The molecule has 0 unspecified atom stereocenters. The van der Waals surface area contributed by atoms with Crippen molar-refractivity contribution in [2.24, 2.45) is 0 Å². The van der Waals surface area contributed by atoms with Gasteiger partial charge in [-0.05, 0) is 43.5 Å². The van der Waals surface area contributed by atoms with Crippen molar-refractivity contribution in [1.29, 1.82) is 0 Å². The fourth-order valence-electron chi connectivity index (χ4n) is 1.21. The first-order valence-corrected chi connectivity index (χ1v) is 6.72. The Balaban J connectivity index is 2.27. The van der Waals surface area contributed by atoms with E-state index in [1.165, 1.54) is 0 Å². The molecule has 2 nitrogen and oxygen atoms in total. The summed E-state index contributed by atoms with van der Waals surface area (Å²) in [6, 6.07) is 6.71. The van der Waals surface area contributed by atoms with Crippen molar-refractivity contribution >= 4 is 33.5 Å². The predicted molar refractivity (Wildman–Crippen MR) is 69.4 cm³/mol. The van der Waals surface area contributed by atoms with Crippen molar-refractivity contribution in [1.82, 2.24) is 0 Å². The molecule has 0 radical (unpaired) electrons. The van der Waals surface area contributed by atoms with Crippen LogP contribution in [0.1, 0.15) is 29.6 Å². The molecule has 0 fully saturated rings. The summed E-state index contributed by atoms with van der Waals surface area (Å²) in [5, 5.41) is 1.62. The summed E-state index contributed by atoms with van der Waals surface area (Å²) in [5.74, 6) is -0.282. The Bertz CT molecular complexity index is 324. The van der Waals surface area contributed by atoms with E-state index < -0.39 is 0 Å². The number of esters is 1. The Labute approximate surface area is 109 Å². The fraction of sp³-hybridized carbons (Fsp3) is 0.417. The number of carbonyl (C=O) groups is 1. The minimum atomic E-state index is -0.282. The van der Waals surface area contributed by atoms with Gasteiger partial charge in [-0.15, -0.1) is 0 Å². The third kappa shape index (κ3) is 4.99. The van der Waals surface area contributed by atoms with E-state index >= 15 is 0 Å². The summed E-state index contributed by atoms with van der Waals surface area (Å²) in [5.41, 5.74) is 0.546. The second-order valence-corrected chi connectivity index (χ2v) is 4.62. The van der Waals surface area contributed by atoms with E-state index in [9.17, 15) is 4.79 Å². The number of alkyl halides is 1. The highest BCUT2D eigenvalue weighted by Crippen LogP contribution is 2.10. The molecule has 0 heterocycles. The maximum atomic E-state index is 11.5. The molecule has 0 bridgehead atoms. The molecule has 1 rings (SSSR count). The van der Waals surface area contributed by atoms with Crippen LogP contribution < -0.4 is 0 Å². The van der Waals surface area contributed by atoms with E-state index in [2.05, 4.69) is 15.9 Å². The van der Waals surface area contributed by atoms with E-state index in [1.807, 2.05) is 0 Å². The number of hydrogen-bond acceptors (Lipinski definition) is 2. The summed E-state index contributed by atoms with van der Waals surface area (Å²) in [6.45, 7) is 0.481. The highest BCUT2D eigenvalue weighted by Gasteiger charge is 2.05. The van der Waals surface area contributed by atoms with Gasteiger partial charge in [0.05, 0.1) is 12.2 Å². The summed E-state index contributed by atoms with van der Waals surface area (Å²) in [6.07, 6.45) is 3.09. The topological polar surface area (TPSA) is 26.3 Å². The lowest BCUT2D eigenvalue weighted by atomic mass is 10.2.